The van der Waals surface area contributed by atoms with E-state index < -0.39 is 0 Å². The Morgan fingerprint density at radius 3 is 3.00 bits per heavy atom. The topological polar surface area (TPSA) is 43.1 Å². The highest BCUT2D eigenvalue weighted by atomic mass is 79.9. The first-order valence-corrected chi connectivity index (χ1v) is 3.91. The molecule has 0 aliphatic carbocycles. The minimum Gasteiger partial charge on any atom is -0.210 e. The maximum atomic E-state index is 4.12. The van der Waals surface area contributed by atoms with E-state index in [0.717, 1.165) is 16.1 Å². The Kier molecular flexibility index (Phi) is 1.38. The van der Waals surface area contributed by atoms with Crippen LogP contribution in [0.4, 0.5) is 0 Å². The smallest absolute Gasteiger partial charge is 0.176 e. The van der Waals surface area contributed by atoms with Crippen LogP contribution in [0.1, 0.15) is 5.82 Å². The van der Waals surface area contributed by atoms with E-state index in [1.54, 1.807) is 0 Å². The number of hydrogen-bond donors (Lipinski definition) is 0. The highest BCUT2D eigenvalue weighted by Gasteiger charge is 1.98. The minimum absolute atomic E-state index is 0.732. The molecule has 0 aromatic carbocycles. The molecule has 56 valence electrons. The van der Waals surface area contributed by atoms with Crippen LogP contribution < -0.4 is 0 Å². The summed E-state index contributed by atoms with van der Waals surface area (Å²) < 4.78 is 2.26. The van der Waals surface area contributed by atoms with Crippen LogP contribution in [0, 0.1) is 6.92 Å². The Bertz CT molecular complexity index is 394. The molecule has 0 fully saturated rings. The van der Waals surface area contributed by atoms with Gasteiger partial charge in [-0.2, -0.15) is 0 Å². The fraction of sp³-hybridized carbons (Fsp3) is 0.167. The maximum absolute atomic E-state index is 4.12. The average molecular weight is 213 g/mol. The van der Waals surface area contributed by atoms with Gasteiger partial charge < -0.3 is 0 Å². The Hall–Kier alpha value is -0.970. The van der Waals surface area contributed by atoms with Crippen LogP contribution >= 0.6 is 15.9 Å². The van der Waals surface area contributed by atoms with Crippen molar-refractivity contribution in [2.24, 2.45) is 0 Å². The zero-order chi connectivity index (χ0) is 7.84. The fourth-order valence-electron chi connectivity index (χ4n) is 0.866. The molecule has 2 aromatic rings. The lowest BCUT2D eigenvalue weighted by Gasteiger charge is -1.88. The second kappa shape index (κ2) is 2.27. The van der Waals surface area contributed by atoms with Gasteiger partial charge in [0.05, 0.1) is 0 Å². The van der Waals surface area contributed by atoms with Crippen LogP contribution in [0.5, 0.6) is 0 Å². The van der Waals surface area contributed by atoms with E-state index in [1.807, 2.05) is 19.1 Å². The van der Waals surface area contributed by atoms with E-state index in [1.165, 1.54) is 4.63 Å². The molecule has 2 rings (SSSR count). The summed E-state index contributed by atoms with van der Waals surface area (Å²) in [5.41, 5.74) is 0.769. The van der Waals surface area contributed by atoms with Gasteiger partial charge >= 0.3 is 0 Å². The van der Waals surface area contributed by atoms with Crippen LogP contribution in [-0.2, 0) is 0 Å². The lowest BCUT2D eigenvalue weighted by molar-refractivity contribution is 0.777. The van der Waals surface area contributed by atoms with Crippen molar-refractivity contribution < 1.29 is 0 Å². The van der Waals surface area contributed by atoms with Crippen molar-refractivity contribution in [3.8, 4) is 0 Å². The molecule has 0 N–H and O–H groups in total. The first-order chi connectivity index (χ1) is 5.25. The van der Waals surface area contributed by atoms with Crippen LogP contribution in [-0.4, -0.2) is 19.8 Å². The van der Waals surface area contributed by atoms with Crippen molar-refractivity contribution >= 4 is 21.6 Å². The molecule has 2 heterocycles. The summed E-state index contributed by atoms with van der Waals surface area (Å²) in [5, 5.41) is 8.09. The molecule has 0 saturated carbocycles. The molecular weight excluding hydrogens is 208 g/mol. The van der Waals surface area contributed by atoms with Crippen molar-refractivity contribution in [2.75, 3.05) is 0 Å². The van der Waals surface area contributed by atoms with Crippen LogP contribution in [0.25, 0.3) is 5.65 Å². The molecule has 11 heavy (non-hydrogen) atoms. The second-order valence-corrected chi connectivity index (χ2v) is 2.98. The van der Waals surface area contributed by atoms with Gasteiger partial charge in [0.25, 0.3) is 0 Å². The van der Waals surface area contributed by atoms with Crippen molar-refractivity contribution in [3.05, 3.63) is 22.6 Å². The summed E-state index contributed by atoms with van der Waals surface area (Å²) in [6, 6.07) is 3.69. The van der Waals surface area contributed by atoms with Gasteiger partial charge in [0, 0.05) is 0 Å². The molecule has 0 unspecified atom stereocenters. The summed E-state index contributed by atoms with van der Waals surface area (Å²) in [6.45, 7) is 1.84. The average Bonchev–Trinajstić information content (AvgIpc) is 2.27. The number of hydrogen-bond acceptors (Lipinski definition) is 3. The van der Waals surface area contributed by atoms with Crippen LogP contribution in [0.15, 0.2) is 16.7 Å². The van der Waals surface area contributed by atoms with Crippen molar-refractivity contribution in [3.63, 3.8) is 0 Å². The fourth-order valence-corrected chi connectivity index (χ4v) is 1.15. The molecular formula is C6H5BrN4. The van der Waals surface area contributed by atoms with Crippen molar-refractivity contribution in [2.45, 2.75) is 6.92 Å². The Morgan fingerprint density at radius 2 is 2.18 bits per heavy atom. The van der Waals surface area contributed by atoms with E-state index in [-0.39, 0.29) is 0 Å². The molecule has 0 bridgehead atoms. The van der Waals surface area contributed by atoms with Gasteiger partial charge in [0.2, 0.25) is 0 Å². The molecule has 4 nitrogen and oxygen atoms in total. The van der Waals surface area contributed by atoms with E-state index in [0.29, 0.717) is 0 Å². The number of fused-ring (bicyclic) bond motifs is 1. The summed E-state index contributed by atoms with van der Waals surface area (Å²) in [7, 11) is 0. The number of aryl methyl sites for hydroxylation is 1. The van der Waals surface area contributed by atoms with E-state index in [4.69, 9.17) is 0 Å². The molecule has 0 saturated heterocycles. The second-order valence-electron chi connectivity index (χ2n) is 2.16. The molecule has 0 aliphatic heterocycles. The quantitative estimate of drug-likeness (QED) is 0.660. The van der Waals surface area contributed by atoms with Gasteiger partial charge in [0.15, 0.2) is 5.65 Å². The number of aromatic nitrogens is 4. The molecule has 0 radical (unpaired) electrons. The van der Waals surface area contributed by atoms with Gasteiger partial charge in [0.1, 0.15) is 10.4 Å². The Balaban J connectivity index is 2.82. The highest BCUT2D eigenvalue weighted by Crippen LogP contribution is 2.05. The van der Waals surface area contributed by atoms with Crippen LogP contribution in [0.2, 0.25) is 0 Å². The lowest BCUT2D eigenvalue weighted by atomic mass is 10.6. The summed E-state index contributed by atoms with van der Waals surface area (Å²) in [6.07, 6.45) is 0. The third-order valence-electron chi connectivity index (χ3n) is 1.28. The van der Waals surface area contributed by atoms with E-state index >= 15 is 0 Å². The zero-order valence-corrected chi connectivity index (χ0v) is 7.41. The molecule has 5 heteroatoms. The van der Waals surface area contributed by atoms with Gasteiger partial charge in [-0.15, -0.1) is 14.8 Å². The van der Waals surface area contributed by atoms with Gasteiger partial charge in [-0.3, -0.25) is 0 Å². The predicted octanol–water partition coefficient (Wildman–Crippen LogP) is 1.20. The normalized spacial score (nSPS) is 10.7. The molecule has 0 amide bonds. The first-order valence-electron chi connectivity index (χ1n) is 3.12. The maximum Gasteiger partial charge on any atom is 0.176 e. The molecule has 2 aromatic heterocycles. The summed E-state index contributed by atoms with van der Waals surface area (Å²) in [4.78, 5) is 4.12. The highest BCUT2D eigenvalue weighted by molar-refractivity contribution is 9.10. The van der Waals surface area contributed by atoms with Crippen molar-refractivity contribution in [1.82, 2.24) is 19.8 Å². The Morgan fingerprint density at radius 1 is 1.36 bits per heavy atom. The first kappa shape index (κ1) is 6.72. The SMILES string of the molecule is Cc1nc2ccc(Br)nn2n1. The molecule has 0 spiro atoms. The third-order valence-corrected chi connectivity index (χ3v) is 1.70. The van der Waals surface area contributed by atoms with E-state index in [9.17, 15) is 0 Å². The number of rotatable bonds is 0. The molecule has 0 aliphatic rings. The zero-order valence-electron chi connectivity index (χ0n) is 5.82. The number of nitrogens with zero attached hydrogens (tertiary/aromatic N) is 4. The van der Waals surface area contributed by atoms with E-state index in [2.05, 4.69) is 31.1 Å². The third kappa shape index (κ3) is 1.11. The van der Waals surface area contributed by atoms with Gasteiger partial charge in [-0.25, -0.2) is 4.98 Å². The lowest BCUT2D eigenvalue weighted by Crippen LogP contribution is -1.92. The Labute approximate surface area is 71.4 Å². The predicted molar refractivity (Wildman–Crippen MR) is 43.2 cm³/mol. The minimum atomic E-state index is 0.732. The van der Waals surface area contributed by atoms with Gasteiger partial charge in [-0.1, -0.05) is 0 Å². The standard InChI is InChI=1S/C6H5BrN4/c1-4-8-6-3-2-5(7)10-11(6)9-4/h2-3H,1H3. The van der Waals surface area contributed by atoms with Gasteiger partial charge in [-0.05, 0) is 35.0 Å². The van der Waals surface area contributed by atoms with Crippen molar-refractivity contribution in [1.29, 1.82) is 0 Å². The summed E-state index contributed by atoms with van der Waals surface area (Å²) >= 11 is 3.24. The largest absolute Gasteiger partial charge is 0.210 e. The number of halogens is 1. The van der Waals surface area contributed by atoms with Crippen LogP contribution in [0.3, 0.4) is 0 Å². The molecule has 0 atom stereocenters. The monoisotopic (exact) mass is 212 g/mol. The summed E-state index contributed by atoms with van der Waals surface area (Å²) in [5.74, 6) is 0.732.